The van der Waals surface area contributed by atoms with E-state index in [1.54, 1.807) is 12.3 Å². The first-order valence-corrected chi connectivity index (χ1v) is 9.43. The lowest BCUT2D eigenvalue weighted by atomic mass is 9.98. The van der Waals surface area contributed by atoms with E-state index in [0.29, 0.717) is 16.8 Å². The molecular weight excluding hydrogens is 356 g/mol. The van der Waals surface area contributed by atoms with Crippen molar-refractivity contribution in [2.75, 3.05) is 4.90 Å². The summed E-state index contributed by atoms with van der Waals surface area (Å²) in [4.78, 5) is 6.54. The summed E-state index contributed by atoms with van der Waals surface area (Å²) in [5, 5.41) is 14.4. The van der Waals surface area contributed by atoms with Crippen molar-refractivity contribution in [3.8, 4) is 5.75 Å². The van der Waals surface area contributed by atoms with Crippen LogP contribution in [0.1, 0.15) is 43.2 Å². The minimum atomic E-state index is -0.110. The van der Waals surface area contributed by atoms with Gasteiger partial charge in [-0.2, -0.15) is 0 Å². The van der Waals surface area contributed by atoms with Gasteiger partial charge in [-0.25, -0.2) is 0 Å². The molecule has 0 radical (unpaired) electrons. The van der Waals surface area contributed by atoms with Crippen molar-refractivity contribution in [1.29, 1.82) is 0 Å². The molecule has 2 N–H and O–H groups in total. The first-order chi connectivity index (χ1) is 13.1. The Morgan fingerprint density at radius 3 is 2.56 bits per heavy atom. The summed E-state index contributed by atoms with van der Waals surface area (Å²) in [6, 6.07) is 15.4. The minimum absolute atomic E-state index is 0.110. The fraction of sp³-hybridized carbons (Fsp3) is 0.238. The first-order valence-electron chi connectivity index (χ1n) is 9.02. The lowest BCUT2D eigenvalue weighted by Gasteiger charge is -2.27. The van der Waals surface area contributed by atoms with E-state index in [2.05, 4.69) is 47.2 Å². The average Bonchev–Trinajstić information content (AvgIpc) is 3.28. The Hall–Kier alpha value is -2.86. The number of rotatable bonds is 4. The number of nitrogens with zero attached hydrogens (tertiary/aromatic N) is 3. The van der Waals surface area contributed by atoms with Crippen LogP contribution in [0.5, 0.6) is 5.75 Å². The Labute approximate surface area is 164 Å². The van der Waals surface area contributed by atoms with Gasteiger partial charge >= 0.3 is 0 Å². The van der Waals surface area contributed by atoms with E-state index < -0.39 is 0 Å². The number of nitrogens with one attached hydrogen (secondary N) is 1. The maximum atomic E-state index is 10.5. The number of aromatic hydroxyl groups is 1. The normalized spacial score (nSPS) is 19.5. The number of phenolic OH excluding ortho intramolecular Hbond substituents is 1. The average molecular weight is 379 g/mol. The molecule has 27 heavy (non-hydrogen) atoms. The summed E-state index contributed by atoms with van der Waals surface area (Å²) < 4.78 is 2.18. The molecule has 1 aromatic carbocycles. The van der Waals surface area contributed by atoms with Gasteiger partial charge in [-0.15, -0.1) is 0 Å². The van der Waals surface area contributed by atoms with Crippen molar-refractivity contribution in [3.63, 3.8) is 0 Å². The third kappa shape index (κ3) is 3.17. The van der Waals surface area contributed by atoms with Crippen molar-refractivity contribution in [2.24, 2.45) is 0 Å². The van der Waals surface area contributed by atoms with Gasteiger partial charge in [-0.05, 0) is 62.0 Å². The summed E-state index contributed by atoms with van der Waals surface area (Å²) >= 11 is 5.66. The van der Waals surface area contributed by atoms with Crippen LogP contribution in [0, 0.1) is 0 Å². The number of phenols is 1. The summed E-state index contributed by atoms with van der Waals surface area (Å²) in [5.41, 5.74) is 2.73. The fourth-order valence-corrected chi connectivity index (χ4v) is 3.89. The number of benzene rings is 1. The quantitative estimate of drug-likeness (QED) is 0.661. The molecule has 0 spiro atoms. The van der Waals surface area contributed by atoms with Gasteiger partial charge in [0.05, 0.1) is 23.5 Å². The van der Waals surface area contributed by atoms with Crippen LogP contribution in [0.4, 0.5) is 5.69 Å². The molecular formula is C21H22N4OS. The smallest absolute Gasteiger partial charge is 0.174 e. The van der Waals surface area contributed by atoms with E-state index in [0.717, 1.165) is 11.3 Å². The minimum Gasteiger partial charge on any atom is -0.506 e. The van der Waals surface area contributed by atoms with E-state index in [1.165, 1.54) is 0 Å². The third-order valence-corrected chi connectivity index (χ3v) is 5.23. The van der Waals surface area contributed by atoms with Crippen molar-refractivity contribution in [3.05, 3.63) is 78.4 Å². The van der Waals surface area contributed by atoms with Crippen molar-refractivity contribution < 1.29 is 5.11 Å². The third-order valence-electron chi connectivity index (χ3n) is 4.91. The van der Waals surface area contributed by atoms with Crippen molar-refractivity contribution >= 4 is 23.0 Å². The highest BCUT2D eigenvalue weighted by molar-refractivity contribution is 7.80. The molecule has 0 saturated carbocycles. The summed E-state index contributed by atoms with van der Waals surface area (Å²) in [6.45, 7) is 4.30. The molecule has 3 aromatic rings. The van der Waals surface area contributed by atoms with E-state index in [-0.39, 0.29) is 17.8 Å². The van der Waals surface area contributed by atoms with Gasteiger partial charge in [0.25, 0.3) is 0 Å². The standard InChI is InChI=1S/C21H22N4OS/c1-14(2)24-12-10-15(13-24)20-19(16-7-5-6-11-22-16)23-21(27)25(20)17-8-3-4-9-18(17)26/h3-14,19-20,26H,1-2H3,(H,23,27)/t19-,20+/m0/s1. The zero-order valence-corrected chi connectivity index (χ0v) is 16.1. The Bertz CT molecular complexity index is 954. The fourth-order valence-electron chi connectivity index (χ4n) is 3.55. The van der Waals surface area contributed by atoms with E-state index in [4.69, 9.17) is 12.2 Å². The van der Waals surface area contributed by atoms with Crippen LogP contribution < -0.4 is 10.2 Å². The van der Waals surface area contributed by atoms with Crippen LogP contribution in [0.2, 0.25) is 0 Å². The second kappa shape index (κ2) is 7.04. The van der Waals surface area contributed by atoms with Gasteiger partial charge in [0.15, 0.2) is 5.11 Å². The van der Waals surface area contributed by atoms with Crippen LogP contribution in [-0.2, 0) is 0 Å². The predicted molar refractivity (Wildman–Crippen MR) is 111 cm³/mol. The van der Waals surface area contributed by atoms with Crippen LogP contribution >= 0.6 is 12.2 Å². The van der Waals surface area contributed by atoms with E-state index in [1.807, 2.05) is 41.3 Å². The number of hydrogen-bond acceptors (Lipinski definition) is 3. The Balaban J connectivity index is 1.84. The molecule has 5 nitrogen and oxygen atoms in total. The van der Waals surface area contributed by atoms with Crippen molar-refractivity contribution in [2.45, 2.75) is 32.0 Å². The Morgan fingerprint density at radius 2 is 1.89 bits per heavy atom. The highest BCUT2D eigenvalue weighted by Gasteiger charge is 2.41. The monoisotopic (exact) mass is 378 g/mol. The molecule has 4 rings (SSSR count). The van der Waals surface area contributed by atoms with Crippen molar-refractivity contribution in [1.82, 2.24) is 14.9 Å². The molecule has 0 aliphatic carbocycles. The largest absolute Gasteiger partial charge is 0.506 e. The number of aromatic nitrogens is 2. The molecule has 2 aromatic heterocycles. The Kier molecular flexibility index (Phi) is 4.58. The zero-order chi connectivity index (χ0) is 19.0. The highest BCUT2D eigenvalue weighted by atomic mass is 32.1. The van der Waals surface area contributed by atoms with Gasteiger partial charge < -0.3 is 19.9 Å². The van der Waals surface area contributed by atoms with Gasteiger partial charge in [0.1, 0.15) is 5.75 Å². The summed E-state index contributed by atoms with van der Waals surface area (Å²) in [6.07, 6.45) is 6.02. The maximum Gasteiger partial charge on any atom is 0.174 e. The van der Waals surface area contributed by atoms with Gasteiger partial charge in [0, 0.05) is 24.6 Å². The maximum absolute atomic E-state index is 10.5. The Morgan fingerprint density at radius 1 is 1.11 bits per heavy atom. The SMILES string of the molecule is CC(C)n1ccc([C@@H]2[C@H](c3ccccn3)NC(=S)N2c2ccccc2O)c1. The number of hydrogen-bond donors (Lipinski definition) is 2. The molecule has 2 atom stereocenters. The number of para-hydroxylation sites is 2. The molecule has 0 bridgehead atoms. The highest BCUT2D eigenvalue weighted by Crippen LogP contribution is 2.44. The second-order valence-electron chi connectivity index (χ2n) is 6.97. The van der Waals surface area contributed by atoms with Crippen LogP contribution in [0.15, 0.2) is 67.1 Å². The van der Waals surface area contributed by atoms with Gasteiger partial charge in [-0.1, -0.05) is 18.2 Å². The van der Waals surface area contributed by atoms with Gasteiger partial charge in [-0.3, -0.25) is 4.98 Å². The molecule has 0 amide bonds. The second-order valence-corrected chi connectivity index (χ2v) is 7.36. The van der Waals surface area contributed by atoms with E-state index >= 15 is 0 Å². The lowest BCUT2D eigenvalue weighted by Crippen LogP contribution is -2.29. The molecule has 0 unspecified atom stereocenters. The van der Waals surface area contributed by atoms with Crippen LogP contribution in [-0.4, -0.2) is 19.8 Å². The van der Waals surface area contributed by atoms with Crippen LogP contribution in [0.3, 0.4) is 0 Å². The molecule has 3 heterocycles. The lowest BCUT2D eigenvalue weighted by molar-refractivity contribution is 0.472. The number of pyridine rings is 1. The first kappa shape index (κ1) is 17.5. The van der Waals surface area contributed by atoms with Gasteiger partial charge in [0.2, 0.25) is 0 Å². The molecule has 1 fully saturated rings. The zero-order valence-electron chi connectivity index (χ0n) is 15.3. The number of thiocarbonyl (C=S) groups is 1. The predicted octanol–water partition coefficient (Wildman–Crippen LogP) is 4.35. The summed E-state index contributed by atoms with van der Waals surface area (Å²) in [7, 11) is 0. The number of anilines is 1. The molecule has 6 heteroatoms. The topological polar surface area (TPSA) is 53.3 Å². The molecule has 1 saturated heterocycles. The van der Waals surface area contributed by atoms with Crippen LogP contribution in [0.25, 0.3) is 0 Å². The molecule has 138 valence electrons. The molecule has 1 aliphatic heterocycles. The molecule has 1 aliphatic rings. The summed E-state index contributed by atoms with van der Waals surface area (Å²) in [5.74, 6) is 0.205. The van der Waals surface area contributed by atoms with E-state index in [9.17, 15) is 5.11 Å².